The van der Waals surface area contributed by atoms with Crippen molar-refractivity contribution < 1.29 is 14.4 Å². The van der Waals surface area contributed by atoms with Gasteiger partial charge in [0.1, 0.15) is 5.92 Å². The van der Waals surface area contributed by atoms with E-state index in [4.69, 9.17) is 0 Å². The fraction of sp³-hybridized carbons (Fsp3) is 0.727. The number of carbonyl (C=O) groups excluding carboxylic acids is 3. The Balaban J connectivity index is 2.95. The molecule has 1 aliphatic heterocycles. The van der Waals surface area contributed by atoms with Crippen molar-refractivity contribution in [3.8, 4) is 0 Å². The molecule has 16 heavy (non-hydrogen) atoms. The second-order valence-corrected chi connectivity index (χ2v) is 4.32. The van der Waals surface area contributed by atoms with Crippen LogP contribution in [0, 0.1) is 11.8 Å². The summed E-state index contributed by atoms with van der Waals surface area (Å²) in [6.45, 7) is 3.88. The van der Waals surface area contributed by atoms with Gasteiger partial charge in [0.2, 0.25) is 11.8 Å². The second kappa shape index (κ2) is 4.63. The topological polar surface area (TPSA) is 57.7 Å². The molecule has 4 amide bonds. The molecule has 0 saturated carbocycles. The van der Waals surface area contributed by atoms with E-state index in [1.54, 1.807) is 0 Å². The van der Waals surface area contributed by atoms with Gasteiger partial charge in [0, 0.05) is 14.1 Å². The minimum Gasteiger partial charge on any atom is -0.273 e. The number of nitrogens with zero attached hydrogens (tertiary/aromatic N) is 2. The maximum atomic E-state index is 11.9. The second-order valence-electron chi connectivity index (χ2n) is 4.32. The molecule has 0 aromatic rings. The SMILES string of the molecule is CCC[C@H](C)C1C(=O)N(C)C(=O)N(C)C1=O. The van der Waals surface area contributed by atoms with Gasteiger partial charge in [0.25, 0.3) is 0 Å². The van der Waals surface area contributed by atoms with Crippen LogP contribution in [0.15, 0.2) is 0 Å². The standard InChI is InChI=1S/C11H18N2O3/c1-5-6-7(2)8-9(14)12(3)11(16)13(4)10(8)15/h7-8H,5-6H2,1-4H3/t7-/m0/s1. The molecule has 5 heteroatoms. The monoisotopic (exact) mass is 226 g/mol. The summed E-state index contributed by atoms with van der Waals surface area (Å²) in [5, 5.41) is 0. The van der Waals surface area contributed by atoms with E-state index in [-0.39, 0.29) is 17.7 Å². The van der Waals surface area contributed by atoms with E-state index in [1.165, 1.54) is 14.1 Å². The van der Waals surface area contributed by atoms with Gasteiger partial charge in [-0.1, -0.05) is 20.3 Å². The molecule has 1 fully saturated rings. The lowest BCUT2D eigenvalue weighted by atomic mass is 9.87. The van der Waals surface area contributed by atoms with Crippen molar-refractivity contribution in [1.29, 1.82) is 0 Å². The maximum Gasteiger partial charge on any atom is 0.332 e. The minimum atomic E-state index is -0.701. The molecule has 0 radical (unpaired) electrons. The van der Waals surface area contributed by atoms with Crippen LogP contribution in [0.5, 0.6) is 0 Å². The summed E-state index contributed by atoms with van der Waals surface area (Å²) in [5.41, 5.74) is 0. The lowest BCUT2D eigenvalue weighted by Crippen LogP contribution is -2.58. The average molecular weight is 226 g/mol. The van der Waals surface area contributed by atoms with Gasteiger partial charge in [-0.3, -0.25) is 19.4 Å². The number of urea groups is 1. The fourth-order valence-corrected chi connectivity index (χ4v) is 2.05. The van der Waals surface area contributed by atoms with Gasteiger partial charge in [-0.15, -0.1) is 0 Å². The van der Waals surface area contributed by atoms with Gasteiger partial charge in [0.05, 0.1) is 0 Å². The zero-order valence-corrected chi connectivity index (χ0v) is 10.2. The normalized spacial score (nSPS) is 20.6. The molecular weight excluding hydrogens is 208 g/mol. The Labute approximate surface area is 95.4 Å². The third kappa shape index (κ3) is 1.94. The molecule has 0 unspecified atom stereocenters. The van der Waals surface area contributed by atoms with Crippen molar-refractivity contribution in [2.45, 2.75) is 26.7 Å². The molecule has 0 N–H and O–H groups in total. The van der Waals surface area contributed by atoms with Gasteiger partial charge < -0.3 is 0 Å². The molecule has 0 aromatic heterocycles. The van der Waals surface area contributed by atoms with E-state index in [9.17, 15) is 14.4 Å². The molecule has 1 saturated heterocycles. The predicted molar refractivity (Wildman–Crippen MR) is 58.5 cm³/mol. The zero-order valence-electron chi connectivity index (χ0n) is 10.2. The highest BCUT2D eigenvalue weighted by atomic mass is 16.2. The highest BCUT2D eigenvalue weighted by Gasteiger charge is 2.44. The predicted octanol–water partition coefficient (Wildman–Crippen LogP) is 1.09. The van der Waals surface area contributed by atoms with Crippen molar-refractivity contribution in [3.05, 3.63) is 0 Å². The minimum absolute atomic E-state index is 0.0250. The van der Waals surface area contributed by atoms with Crippen molar-refractivity contribution in [2.75, 3.05) is 14.1 Å². The summed E-state index contributed by atoms with van der Waals surface area (Å²) in [5.74, 6) is -1.49. The number of hydrogen-bond acceptors (Lipinski definition) is 3. The van der Waals surface area contributed by atoms with Gasteiger partial charge in [0.15, 0.2) is 0 Å². The summed E-state index contributed by atoms with van der Waals surface area (Å²) in [6.07, 6.45) is 1.72. The van der Waals surface area contributed by atoms with Crippen LogP contribution < -0.4 is 0 Å². The Kier molecular flexibility index (Phi) is 3.67. The summed E-state index contributed by atoms with van der Waals surface area (Å²) in [7, 11) is 2.83. The van der Waals surface area contributed by atoms with Gasteiger partial charge >= 0.3 is 6.03 Å². The van der Waals surface area contributed by atoms with E-state index in [0.29, 0.717) is 0 Å². The Bertz CT molecular complexity index is 303. The quantitative estimate of drug-likeness (QED) is 0.677. The molecule has 0 aliphatic carbocycles. The molecule has 0 aromatic carbocycles. The summed E-state index contributed by atoms with van der Waals surface area (Å²) >= 11 is 0. The van der Waals surface area contributed by atoms with Crippen LogP contribution >= 0.6 is 0 Å². The van der Waals surface area contributed by atoms with Crippen molar-refractivity contribution in [2.24, 2.45) is 11.8 Å². The van der Waals surface area contributed by atoms with Crippen molar-refractivity contribution in [1.82, 2.24) is 9.80 Å². The zero-order chi connectivity index (χ0) is 12.5. The molecule has 1 rings (SSSR count). The molecule has 1 atom stereocenters. The first-order chi connectivity index (χ1) is 7.41. The highest BCUT2D eigenvalue weighted by Crippen LogP contribution is 2.25. The number of rotatable bonds is 3. The highest BCUT2D eigenvalue weighted by molar-refractivity contribution is 6.15. The van der Waals surface area contributed by atoms with Crippen LogP contribution in [0.3, 0.4) is 0 Å². The van der Waals surface area contributed by atoms with Gasteiger partial charge in [-0.05, 0) is 12.3 Å². The fourth-order valence-electron chi connectivity index (χ4n) is 2.05. The Morgan fingerprint density at radius 3 is 1.94 bits per heavy atom. The first-order valence-electron chi connectivity index (χ1n) is 5.50. The van der Waals surface area contributed by atoms with E-state index in [2.05, 4.69) is 0 Å². The third-order valence-electron chi connectivity index (χ3n) is 3.08. The van der Waals surface area contributed by atoms with Gasteiger partial charge in [-0.25, -0.2) is 4.79 Å². The Morgan fingerprint density at radius 1 is 1.12 bits per heavy atom. The lowest BCUT2D eigenvalue weighted by molar-refractivity contribution is -0.150. The number of amides is 4. The lowest BCUT2D eigenvalue weighted by Gasteiger charge is -2.35. The molecule has 1 heterocycles. The molecule has 0 bridgehead atoms. The molecule has 1 aliphatic rings. The van der Waals surface area contributed by atoms with Crippen LogP contribution in [0.25, 0.3) is 0 Å². The van der Waals surface area contributed by atoms with E-state index < -0.39 is 11.9 Å². The smallest absolute Gasteiger partial charge is 0.273 e. The number of imide groups is 2. The van der Waals surface area contributed by atoms with E-state index >= 15 is 0 Å². The average Bonchev–Trinajstić information content (AvgIpc) is 2.24. The van der Waals surface area contributed by atoms with E-state index in [0.717, 1.165) is 22.6 Å². The summed E-state index contributed by atoms with van der Waals surface area (Å²) in [4.78, 5) is 37.3. The first kappa shape index (κ1) is 12.7. The summed E-state index contributed by atoms with van der Waals surface area (Å²) in [6, 6.07) is -0.546. The van der Waals surface area contributed by atoms with Crippen LogP contribution in [0.2, 0.25) is 0 Å². The van der Waals surface area contributed by atoms with Crippen LogP contribution in [-0.2, 0) is 9.59 Å². The van der Waals surface area contributed by atoms with Gasteiger partial charge in [-0.2, -0.15) is 0 Å². The number of carbonyl (C=O) groups is 3. The summed E-state index contributed by atoms with van der Waals surface area (Å²) < 4.78 is 0. The molecule has 5 nitrogen and oxygen atoms in total. The molecule has 90 valence electrons. The first-order valence-corrected chi connectivity index (χ1v) is 5.50. The molecule has 0 spiro atoms. The Morgan fingerprint density at radius 2 is 1.56 bits per heavy atom. The maximum absolute atomic E-state index is 11.9. The Hall–Kier alpha value is -1.39. The largest absolute Gasteiger partial charge is 0.332 e. The third-order valence-corrected chi connectivity index (χ3v) is 3.08. The number of hydrogen-bond donors (Lipinski definition) is 0. The molecular formula is C11H18N2O3. The van der Waals surface area contributed by atoms with Crippen LogP contribution in [-0.4, -0.2) is 41.7 Å². The van der Waals surface area contributed by atoms with Crippen molar-refractivity contribution in [3.63, 3.8) is 0 Å². The van der Waals surface area contributed by atoms with E-state index in [1.807, 2.05) is 13.8 Å². The van der Waals surface area contributed by atoms with Crippen LogP contribution in [0.1, 0.15) is 26.7 Å². The van der Waals surface area contributed by atoms with Crippen molar-refractivity contribution >= 4 is 17.8 Å². The number of barbiturate groups is 1. The van der Waals surface area contributed by atoms with Crippen LogP contribution in [0.4, 0.5) is 4.79 Å².